The average Bonchev–Trinajstić information content (AvgIpc) is 2.96. The highest BCUT2D eigenvalue weighted by Gasteiger charge is 2.17. The third-order valence-electron chi connectivity index (χ3n) is 3.29. The topological polar surface area (TPSA) is 17.8 Å². The Labute approximate surface area is 145 Å². The van der Waals surface area contributed by atoms with E-state index < -0.39 is 0 Å². The van der Waals surface area contributed by atoms with Gasteiger partial charge in [-0.3, -0.25) is 0 Å². The molecule has 110 valence electrons. The zero-order chi connectivity index (χ0) is 15.1. The number of alkyl halides is 1. The van der Waals surface area contributed by atoms with Crippen molar-refractivity contribution in [1.82, 2.24) is 9.55 Å². The van der Waals surface area contributed by atoms with Gasteiger partial charge in [-0.15, -0.1) is 22.9 Å². The molecule has 1 unspecified atom stereocenters. The van der Waals surface area contributed by atoms with Crippen LogP contribution >= 0.6 is 45.5 Å². The van der Waals surface area contributed by atoms with E-state index in [0.29, 0.717) is 10.1 Å². The van der Waals surface area contributed by atoms with E-state index in [1.807, 2.05) is 34.1 Å². The number of hydrogen-bond acceptors (Lipinski definition) is 2. The molecular weight excluding hydrogens is 422 g/mol. The fourth-order valence-electron chi connectivity index (χ4n) is 2.33. The maximum atomic E-state index is 13.9. The highest BCUT2D eigenvalue weighted by Crippen LogP contribution is 2.29. The number of rotatable bonds is 3. The molecule has 2 nitrogen and oxygen atoms in total. The zero-order valence-electron chi connectivity index (χ0n) is 11.5. The van der Waals surface area contributed by atoms with Crippen molar-refractivity contribution >= 4 is 56.6 Å². The maximum absolute atomic E-state index is 13.9. The number of thiophene rings is 1. The van der Waals surface area contributed by atoms with E-state index >= 15 is 0 Å². The number of aryl methyl sites for hydroxylation is 1. The van der Waals surface area contributed by atoms with Crippen molar-refractivity contribution in [3.05, 3.63) is 49.2 Å². The lowest BCUT2D eigenvalue weighted by Gasteiger charge is -2.09. The van der Waals surface area contributed by atoms with Crippen molar-refractivity contribution in [1.29, 1.82) is 0 Å². The van der Waals surface area contributed by atoms with E-state index in [1.54, 1.807) is 23.5 Å². The maximum Gasteiger partial charge on any atom is 0.138 e. The van der Waals surface area contributed by atoms with Crippen LogP contribution in [-0.4, -0.2) is 9.55 Å². The van der Waals surface area contributed by atoms with Crippen molar-refractivity contribution in [2.45, 2.75) is 25.8 Å². The lowest BCUT2D eigenvalue weighted by Crippen LogP contribution is -2.04. The van der Waals surface area contributed by atoms with Gasteiger partial charge in [0.1, 0.15) is 11.6 Å². The molecule has 0 fully saturated rings. The number of benzene rings is 1. The summed E-state index contributed by atoms with van der Waals surface area (Å²) in [5.74, 6) is 0.555. The smallest absolute Gasteiger partial charge is 0.138 e. The summed E-state index contributed by atoms with van der Waals surface area (Å²) in [6, 6.07) is 7.50. The summed E-state index contributed by atoms with van der Waals surface area (Å²) >= 11 is 9.97. The summed E-state index contributed by atoms with van der Waals surface area (Å²) in [5, 5.41) is -0.223. The Bertz CT molecular complexity index is 809. The van der Waals surface area contributed by atoms with Gasteiger partial charge in [-0.05, 0) is 54.6 Å². The summed E-state index contributed by atoms with van der Waals surface area (Å²) < 4.78 is 16.5. The number of halogens is 3. The Hall–Kier alpha value is -0.660. The predicted octanol–water partition coefficient (Wildman–Crippen LogP) is 5.50. The van der Waals surface area contributed by atoms with Gasteiger partial charge in [0.25, 0.3) is 0 Å². The Balaban J connectivity index is 2.17. The number of nitrogens with zero attached hydrogens (tertiary/aromatic N) is 2. The first-order valence-electron chi connectivity index (χ1n) is 6.50. The molecule has 2 aromatic heterocycles. The highest BCUT2D eigenvalue weighted by atomic mass is 127. The van der Waals surface area contributed by atoms with Gasteiger partial charge in [-0.1, -0.05) is 0 Å². The van der Waals surface area contributed by atoms with Crippen LogP contribution in [-0.2, 0) is 6.54 Å². The molecule has 0 bridgehead atoms. The summed E-state index contributed by atoms with van der Waals surface area (Å²) in [6.07, 6.45) is 0. The van der Waals surface area contributed by atoms with Crippen LogP contribution in [0.1, 0.15) is 27.9 Å². The number of aromatic nitrogens is 2. The second-order valence-corrected chi connectivity index (χ2v) is 8.13. The van der Waals surface area contributed by atoms with Gasteiger partial charge < -0.3 is 4.57 Å². The fourth-order valence-corrected chi connectivity index (χ4v) is 3.83. The molecule has 0 aliphatic carbocycles. The van der Waals surface area contributed by atoms with E-state index in [9.17, 15) is 4.39 Å². The third-order valence-corrected chi connectivity index (χ3v) is 5.29. The van der Waals surface area contributed by atoms with Gasteiger partial charge >= 0.3 is 0 Å². The molecule has 3 aromatic rings. The number of imidazole rings is 1. The molecule has 0 aliphatic heterocycles. The quantitative estimate of drug-likeness (QED) is 0.393. The van der Waals surface area contributed by atoms with Crippen LogP contribution in [0.5, 0.6) is 0 Å². The van der Waals surface area contributed by atoms with Crippen molar-refractivity contribution in [3.8, 4) is 0 Å². The van der Waals surface area contributed by atoms with Crippen LogP contribution in [0, 0.1) is 16.3 Å². The van der Waals surface area contributed by atoms with E-state index in [0.717, 1.165) is 16.9 Å². The fraction of sp³-hybridized carbons (Fsp3) is 0.267. The molecule has 0 radical (unpaired) electrons. The molecule has 0 amide bonds. The lowest BCUT2D eigenvalue weighted by atomic mass is 10.3. The van der Waals surface area contributed by atoms with Crippen molar-refractivity contribution in [2.75, 3.05) is 0 Å². The van der Waals surface area contributed by atoms with Gasteiger partial charge in [0, 0.05) is 15.8 Å². The van der Waals surface area contributed by atoms with Crippen LogP contribution in [0.3, 0.4) is 0 Å². The number of hydrogen-bond donors (Lipinski definition) is 0. The molecule has 2 heterocycles. The second kappa shape index (κ2) is 5.85. The Morgan fingerprint density at radius 3 is 2.81 bits per heavy atom. The average molecular weight is 435 g/mol. The highest BCUT2D eigenvalue weighted by molar-refractivity contribution is 14.1. The van der Waals surface area contributed by atoms with Gasteiger partial charge in [-0.25, -0.2) is 9.37 Å². The van der Waals surface area contributed by atoms with Crippen molar-refractivity contribution < 1.29 is 4.39 Å². The van der Waals surface area contributed by atoms with Gasteiger partial charge in [-0.2, -0.15) is 0 Å². The first kappa shape index (κ1) is 15.2. The third kappa shape index (κ3) is 2.96. The minimum absolute atomic E-state index is 0.222. The molecule has 21 heavy (non-hydrogen) atoms. The summed E-state index contributed by atoms with van der Waals surface area (Å²) in [5.41, 5.74) is 1.58. The van der Waals surface area contributed by atoms with Crippen molar-refractivity contribution in [2.24, 2.45) is 0 Å². The molecule has 3 rings (SSSR count). The van der Waals surface area contributed by atoms with Crippen molar-refractivity contribution in [3.63, 3.8) is 0 Å². The first-order valence-corrected chi connectivity index (χ1v) is 8.83. The number of fused-ring (bicyclic) bond motifs is 1. The van der Waals surface area contributed by atoms with Crippen LogP contribution in [0.4, 0.5) is 4.39 Å². The predicted molar refractivity (Wildman–Crippen MR) is 94.8 cm³/mol. The molecule has 0 spiro atoms. The largest absolute Gasteiger partial charge is 0.321 e. The normalized spacial score (nSPS) is 13.0. The minimum Gasteiger partial charge on any atom is -0.321 e. The van der Waals surface area contributed by atoms with E-state index in [-0.39, 0.29) is 11.2 Å². The molecule has 0 N–H and O–H groups in total. The molecule has 0 saturated carbocycles. The van der Waals surface area contributed by atoms with Crippen LogP contribution in [0.2, 0.25) is 0 Å². The Kier molecular flexibility index (Phi) is 4.25. The second-order valence-electron chi connectivity index (χ2n) is 4.94. The van der Waals surface area contributed by atoms with Crippen LogP contribution in [0.25, 0.3) is 11.0 Å². The molecule has 1 atom stereocenters. The molecule has 1 aromatic carbocycles. The summed E-state index contributed by atoms with van der Waals surface area (Å²) in [6.45, 7) is 4.63. The van der Waals surface area contributed by atoms with E-state index in [1.165, 1.54) is 9.75 Å². The summed E-state index contributed by atoms with van der Waals surface area (Å²) in [7, 11) is 0. The van der Waals surface area contributed by atoms with E-state index in [2.05, 4.69) is 24.0 Å². The van der Waals surface area contributed by atoms with Gasteiger partial charge in [0.2, 0.25) is 0 Å². The van der Waals surface area contributed by atoms with E-state index in [4.69, 9.17) is 11.6 Å². The van der Waals surface area contributed by atoms with Crippen LogP contribution in [0.15, 0.2) is 24.3 Å². The minimum atomic E-state index is -0.223. The Morgan fingerprint density at radius 1 is 1.43 bits per heavy atom. The monoisotopic (exact) mass is 434 g/mol. The zero-order valence-corrected chi connectivity index (χ0v) is 15.3. The summed E-state index contributed by atoms with van der Waals surface area (Å²) in [4.78, 5) is 7.05. The molecular formula is C15H13ClFIN2S. The van der Waals surface area contributed by atoms with Gasteiger partial charge in [0.05, 0.1) is 26.5 Å². The molecule has 0 saturated heterocycles. The first-order chi connectivity index (χ1) is 9.95. The Morgan fingerprint density at radius 2 is 2.19 bits per heavy atom. The standard InChI is InChI=1S/C15H13ClFIN2S/c1-8-3-4-10(21-8)7-20-14-5-11(17)12(18)6-13(14)19-15(20)9(2)16/h3-6,9H,7H2,1-2H3. The lowest BCUT2D eigenvalue weighted by molar-refractivity contribution is 0.621. The van der Waals surface area contributed by atoms with Crippen LogP contribution < -0.4 is 0 Å². The van der Waals surface area contributed by atoms with Gasteiger partial charge in [0.15, 0.2) is 0 Å². The molecule has 0 aliphatic rings. The SMILES string of the molecule is Cc1ccc(Cn2c(C(C)Cl)nc3cc(I)c(F)cc32)s1. The molecule has 6 heteroatoms.